The number of piperidine rings is 1. The van der Waals surface area contributed by atoms with E-state index >= 15 is 0 Å². The number of carboxylic acid groups (broad SMARTS) is 1. The van der Waals surface area contributed by atoms with Crippen molar-refractivity contribution in [2.45, 2.75) is 44.2 Å². The van der Waals surface area contributed by atoms with Gasteiger partial charge in [0, 0.05) is 45.6 Å². The summed E-state index contributed by atoms with van der Waals surface area (Å²) in [6, 6.07) is 8.28. The Balaban J connectivity index is 1.27. The van der Waals surface area contributed by atoms with Crippen LogP contribution in [0.5, 0.6) is 0 Å². The van der Waals surface area contributed by atoms with Gasteiger partial charge in [-0.1, -0.05) is 24.3 Å². The zero-order valence-electron chi connectivity index (χ0n) is 16.0. The smallest absolute Gasteiger partial charge is 0.309 e. The number of hydrogen-bond donors (Lipinski definition) is 2. The molecule has 0 aromatic heterocycles. The normalized spacial score (nSPS) is 24.1. The average molecular weight is 385 g/mol. The zero-order chi connectivity index (χ0) is 19.7. The van der Waals surface area contributed by atoms with Gasteiger partial charge < -0.3 is 20.2 Å². The number of rotatable bonds is 4. The van der Waals surface area contributed by atoms with Crippen LogP contribution in [0.3, 0.4) is 0 Å². The van der Waals surface area contributed by atoms with Gasteiger partial charge in [0.25, 0.3) is 0 Å². The van der Waals surface area contributed by atoms with Gasteiger partial charge in [0.15, 0.2) is 0 Å². The first kappa shape index (κ1) is 18.9. The molecular formula is C21H27N3O4. The summed E-state index contributed by atoms with van der Waals surface area (Å²) in [5.74, 6) is -1.53. The van der Waals surface area contributed by atoms with Crippen LogP contribution in [0.4, 0.5) is 0 Å². The second-order valence-electron chi connectivity index (χ2n) is 8.22. The molecule has 0 radical (unpaired) electrons. The van der Waals surface area contributed by atoms with Crippen LogP contribution in [0, 0.1) is 5.92 Å². The molecule has 1 spiro atoms. The number of benzene rings is 1. The first-order valence-electron chi connectivity index (χ1n) is 10.1. The summed E-state index contributed by atoms with van der Waals surface area (Å²) >= 11 is 0. The molecule has 0 saturated carbocycles. The summed E-state index contributed by atoms with van der Waals surface area (Å²) < 4.78 is 0. The number of fused-ring (bicyclic) bond motifs is 1. The molecule has 1 atom stereocenters. The summed E-state index contributed by atoms with van der Waals surface area (Å²) in [5.41, 5.74) is 1.96. The molecule has 3 heterocycles. The van der Waals surface area contributed by atoms with E-state index in [0.717, 1.165) is 13.0 Å². The molecule has 2 amide bonds. The fraction of sp³-hybridized carbons (Fsp3) is 0.571. The third-order valence-corrected chi connectivity index (χ3v) is 6.62. The number of amides is 2. The van der Waals surface area contributed by atoms with Crippen LogP contribution in [0.25, 0.3) is 0 Å². The van der Waals surface area contributed by atoms with E-state index in [4.69, 9.17) is 0 Å². The van der Waals surface area contributed by atoms with Crippen LogP contribution in [0.15, 0.2) is 24.3 Å². The molecule has 1 unspecified atom stereocenters. The van der Waals surface area contributed by atoms with E-state index in [9.17, 15) is 19.5 Å². The Morgan fingerprint density at radius 2 is 1.86 bits per heavy atom. The van der Waals surface area contributed by atoms with Gasteiger partial charge in [-0.15, -0.1) is 0 Å². The van der Waals surface area contributed by atoms with Crippen molar-refractivity contribution in [1.82, 2.24) is 15.1 Å². The largest absolute Gasteiger partial charge is 0.481 e. The maximum Gasteiger partial charge on any atom is 0.309 e. The Labute approximate surface area is 164 Å². The number of carboxylic acids is 1. The van der Waals surface area contributed by atoms with Gasteiger partial charge in [-0.25, -0.2) is 0 Å². The predicted molar refractivity (Wildman–Crippen MR) is 102 cm³/mol. The zero-order valence-corrected chi connectivity index (χ0v) is 16.0. The van der Waals surface area contributed by atoms with Crippen LogP contribution < -0.4 is 5.32 Å². The first-order chi connectivity index (χ1) is 13.5. The number of likely N-dealkylation sites (tertiary alicyclic amines) is 1. The molecule has 7 heteroatoms. The third-order valence-electron chi connectivity index (χ3n) is 6.62. The predicted octanol–water partition coefficient (Wildman–Crippen LogP) is 1.02. The molecule has 28 heavy (non-hydrogen) atoms. The number of hydrogen-bond acceptors (Lipinski definition) is 4. The highest BCUT2D eigenvalue weighted by molar-refractivity contribution is 5.88. The van der Waals surface area contributed by atoms with E-state index < -0.39 is 17.4 Å². The van der Waals surface area contributed by atoms with Crippen LogP contribution in [0.2, 0.25) is 0 Å². The van der Waals surface area contributed by atoms with Crippen molar-refractivity contribution >= 4 is 17.8 Å². The van der Waals surface area contributed by atoms with Gasteiger partial charge in [-0.2, -0.15) is 0 Å². The van der Waals surface area contributed by atoms with E-state index in [1.807, 2.05) is 17.0 Å². The number of nitrogens with one attached hydrogen (secondary N) is 1. The molecule has 2 saturated heterocycles. The Bertz CT molecular complexity index is 786. The SMILES string of the molecule is O=C1CC(C(=O)O)C2(CCN(CCC(=O)N3CCc4ccccc4C3)CC2)N1. The van der Waals surface area contributed by atoms with E-state index in [-0.39, 0.29) is 18.2 Å². The van der Waals surface area contributed by atoms with Gasteiger partial charge in [-0.3, -0.25) is 14.4 Å². The molecule has 0 aliphatic carbocycles. The second-order valence-corrected chi connectivity index (χ2v) is 8.22. The minimum atomic E-state index is -0.896. The molecule has 0 bridgehead atoms. The molecule has 2 fully saturated rings. The molecule has 1 aromatic carbocycles. The Kier molecular flexibility index (Phi) is 5.10. The lowest BCUT2D eigenvalue weighted by atomic mass is 9.77. The van der Waals surface area contributed by atoms with Crippen LogP contribution in [-0.2, 0) is 27.3 Å². The highest BCUT2D eigenvalue weighted by atomic mass is 16.4. The monoisotopic (exact) mass is 385 g/mol. The molecular weight excluding hydrogens is 358 g/mol. The Morgan fingerprint density at radius 3 is 2.57 bits per heavy atom. The maximum atomic E-state index is 12.6. The van der Waals surface area contributed by atoms with Crippen molar-refractivity contribution in [3.63, 3.8) is 0 Å². The van der Waals surface area contributed by atoms with Crippen LogP contribution >= 0.6 is 0 Å². The first-order valence-corrected chi connectivity index (χ1v) is 10.1. The summed E-state index contributed by atoms with van der Waals surface area (Å²) in [7, 11) is 0. The van der Waals surface area contributed by atoms with E-state index in [0.29, 0.717) is 45.4 Å². The Morgan fingerprint density at radius 1 is 1.14 bits per heavy atom. The number of carbonyl (C=O) groups excluding carboxylic acids is 2. The minimum Gasteiger partial charge on any atom is -0.481 e. The molecule has 2 N–H and O–H groups in total. The molecule has 7 nitrogen and oxygen atoms in total. The molecule has 3 aliphatic rings. The highest BCUT2D eigenvalue weighted by Crippen LogP contribution is 2.36. The van der Waals surface area contributed by atoms with Gasteiger partial charge in [0.1, 0.15) is 0 Å². The summed E-state index contributed by atoms with van der Waals surface area (Å²) in [5, 5.41) is 12.4. The second kappa shape index (κ2) is 7.54. The fourth-order valence-electron chi connectivity index (χ4n) is 4.89. The summed E-state index contributed by atoms with van der Waals surface area (Å²) in [4.78, 5) is 40.1. The van der Waals surface area contributed by atoms with E-state index in [2.05, 4.69) is 22.3 Å². The van der Waals surface area contributed by atoms with Crippen molar-refractivity contribution in [2.24, 2.45) is 5.92 Å². The van der Waals surface area contributed by atoms with Gasteiger partial charge in [-0.05, 0) is 30.4 Å². The van der Waals surface area contributed by atoms with Gasteiger partial charge in [0.05, 0.1) is 11.5 Å². The van der Waals surface area contributed by atoms with Crippen molar-refractivity contribution in [2.75, 3.05) is 26.2 Å². The van der Waals surface area contributed by atoms with E-state index in [1.165, 1.54) is 11.1 Å². The van der Waals surface area contributed by atoms with Crippen molar-refractivity contribution in [1.29, 1.82) is 0 Å². The molecule has 4 rings (SSSR count). The summed E-state index contributed by atoms with van der Waals surface area (Å²) in [6.45, 7) is 3.55. The van der Waals surface area contributed by atoms with E-state index in [1.54, 1.807) is 0 Å². The number of carbonyl (C=O) groups is 3. The van der Waals surface area contributed by atoms with Gasteiger partial charge >= 0.3 is 5.97 Å². The quantitative estimate of drug-likeness (QED) is 0.808. The lowest BCUT2D eigenvalue weighted by Crippen LogP contribution is -2.55. The van der Waals surface area contributed by atoms with Crippen LogP contribution in [0.1, 0.15) is 36.8 Å². The molecule has 3 aliphatic heterocycles. The topological polar surface area (TPSA) is 90.0 Å². The van der Waals surface area contributed by atoms with Crippen LogP contribution in [-0.4, -0.2) is 64.4 Å². The number of aliphatic carboxylic acids is 1. The maximum absolute atomic E-state index is 12.6. The Hall–Kier alpha value is -2.41. The molecule has 150 valence electrons. The summed E-state index contributed by atoms with van der Waals surface area (Å²) in [6.07, 6.45) is 2.71. The van der Waals surface area contributed by atoms with Crippen molar-refractivity contribution < 1.29 is 19.5 Å². The minimum absolute atomic E-state index is 0.0737. The highest BCUT2D eigenvalue weighted by Gasteiger charge is 2.51. The van der Waals surface area contributed by atoms with Crippen molar-refractivity contribution in [3.05, 3.63) is 35.4 Å². The van der Waals surface area contributed by atoms with Gasteiger partial charge in [0.2, 0.25) is 11.8 Å². The lowest BCUT2D eigenvalue weighted by Gasteiger charge is -2.41. The standard InChI is InChI=1S/C21H27N3O4/c25-18-13-17(20(27)28)21(22-18)7-11-23(12-8-21)9-6-19(26)24-10-5-15-3-1-2-4-16(15)14-24/h1-4,17H,5-14H2,(H,22,25)(H,27,28). The third kappa shape index (κ3) is 3.63. The average Bonchev–Trinajstić information content (AvgIpc) is 3.03. The van der Waals surface area contributed by atoms with Crippen molar-refractivity contribution in [3.8, 4) is 0 Å². The lowest BCUT2D eigenvalue weighted by molar-refractivity contribution is -0.144. The number of nitrogens with zero attached hydrogens (tertiary/aromatic N) is 2. The fourth-order valence-corrected chi connectivity index (χ4v) is 4.89. The molecule has 1 aromatic rings.